The summed E-state index contributed by atoms with van der Waals surface area (Å²) in [5.74, 6) is 0.795. The van der Waals surface area contributed by atoms with Gasteiger partial charge in [-0.25, -0.2) is 19.7 Å². The number of hydroxylamine groups is 2. The molecular formula is C21H23N7O4. The van der Waals surface area contributed by atoms with Gasteiger partial charge in [0.05, 0.1) is 32.6 Å². The Balaban J connectivity index is 1.78. The number of amides is 2. The van der Waals surface area contributed by atoms with E-state index in [2.05, 4.69) is 25.3 Å². The highest BCUT2D eigenvalue weighted by Gasteiger charge is 2.36. The van der Waals surface area contributed by atoms with Crippen LogP contribution < -0.4 is 19.6 Å². The van der Waals surface area contributed by atoms with Crippen molar-refractivity contribution in [2.24, 2.45) is 0 Å². The van der Waals surface area contributed by atoms with E-state index >= 15 is 0 Å². The van der Waals surface area contributed by atoms with Gasteiger partial charge in [-0.05, 0) is 19.1 Å². The molecule has 2 atom stereocenters. The summed E-state index contributed by atoms with van der Waals surface area (Å²) in [5.41, 5.74) is 1.40. The van der Waals surface area contributed by atoms with E-state index in [0.717, 1.165) is 0 Å². The molecule has 4 heterocycles. The summed E-state index contributed by atoms with van der Waals surface area (Å²) in [7, 11) is 3.01. The van der Waals surface area contributed by atoms with Crippen LogP contribution in [0.3, 0.4) is 0 Å². The Morgan fingerprint density at radius 2 is 2.12 bits per heavy atom. The average Bonchev–Trinajstić information content (AvgIpc) is 2.87. The molecule has 0 saturated heterocycles. The maximum absolute atomic E-state index is 13.3. The van der Waals surface area contributed by atoms with Crippen molar-refractivity contribution in [1.82, 2.24) is 24.6 Å². The number of aromatic nitrogens is 4. The number of fused-ring (bicyclic) bond motifs is 1. The van der Waals surface area contributed by atoms with E-state index in [0.29, 0.717) is 29.2 Å². The van der Waals surface area contributed by atoms with Crippen LogP contribution in [0.1, 0.15) is 13.3 Å². The van der Waals surface area contributed by atoms with Gasteiger partial charge in [-0.15, -0.1) is 0 Å². The van der Waals surface area contributed by atoms with Crippen molar-refractivity contribution in [3.63, 3.8) is 0 Å². The van der Waals surface area contributed by atoms with Crippen LogP contribution in [0.15, 0.2) is 43.0 Å². The molecule has 3 aromatic heterocycles. The monoisotopic (exact) mass is 437 g/mol. The topological polar surface area (TPSA) is 136 Å². The molecule has 0 saturated carbocycles. The predicted octanol–water partition coefficient (Wildman–Crippen LogP) is 2.91. The van der Waals surface area contributed by atoms with Crippen molar-refractivity contribution < 1.29 is 14.6 Å². The quantitative estimate of drug-likeness (QED) is 0.471. The number of ether oxygens (including phenoxy) is 1. The zero-order valence-corrected chi connectivity index (χ0v) is 17.9. The number of hydrogen-bond donors (Lipinski definition) is 2. The molecule has 1 aliphatic heterocycles. The Morgan fingerprint density at radius 1 is 1.31 bits per heavy atom. The molecule has 4 rings (SSSR count). The SMILES string of the molecule is COc1cc(NC(=O)N2c3nc(-c4cncc(O)c4)ccc3[N+](C)([O-])CC[C@H]2C)ncn1. The number of methoxy groups -OCH3 is 1. The number of carbonyl (C=O) groups is 1. The lowest BCUT2D eigenvalue weighted by Crippen LogP contribution is -2.42. The molecule has 166 valence electrons. The minimum atomic E-state index is -0.670. The maximum Gasteiger partial charge on any atom is 0.329 e. The third-order valence-electron chi connectivity index (χ3n) is 5.33. The summed E-state index contributed by atoms with van der Waals surface area (Å²) in [5, 5.41) is 25.8. The standard InChI is InChI=1S/C21H23N7O4/c1-13-6-7-28(2,31)17-5-4-16(14-8-15(29)11-22-10-14)25-20(17)27(13)21(30)26-18-9-19(32-3)24-12-23-18/h4-5,8-13,29H,6-7H2,1-3H3,(H,23,24,26,30)/t13-,28?/m1/s1. The van der Waals surface area contributed by atoms with Gasteiger partial charge in [-0.3, -0.25) is 15.2 Å². The number of quaternary nitrogens is 1. The van der Waals surface area contributed by atoms with E-state index in [4.69, 9.17) is 4.74 Å². The molecule has 2 N–H and O–H groups in total. The van der Waals surface area contributed by atoms with E-state index in [1.165, 1.54) is 36.7 Å². The molecular weight excluding hydrogens is 414 g/mol. The van der Waals surface area contributed by atoms with E-state index in [9.17, 15) is 15.1 Å². The van der Waals surface area contributed by atoms with Gasteiger partial charge in [-0.1, -0.05) is 0 Å². The zero-order valence-electron chi connectivity index (χ0n) is 17.9. The van der Waals surface area contributed by atoms with Gasteiger partial charge < -0.3 is 19.7 Å². The highest BCUT2D eigenvalue weighted by molar-refractivity contribution is 6.03. The lowest BCUT2D eigenvalue weighted by atomic mass is 10.1. The Morgan fingerprint density at radius 3 is 2.88 bits per heavy atom. The number of urea groups is 1. The third-order valence-corrected chi connectivity index (χ3v) is 5.33. The first-order valence-electron chi connectivity index (χ1n) is 9.97. The van der Waals surface area contributed by atoms with E-state index < -0.39 is 10.7 Å². The minimum absolute atomic E-state index is 0.00985. The molecule has 2 amide bonds. The first-order valence-corrected chi connectivity index (χ1v) is 9.97. The normalized spacial score (nSPS) is 20.2. The largest absolute Gasteiger partial charge is 0.627 e. The molecule has 0 spiro atoms. The third kappa shape index (κ3) is 4.15. The summed E-state index contributed by atoms with van der Waals surface area (Å²) in [6.07, 6.45) is 4.62. The Labute approximate surface area is 184 Å². The summed E-state index contributed by atoms with van der Waals surface area (Å²) < 4.78 is 4.41. The number of carbonyl (C=O) groups excluding carboxylic acids is 1. The second kappa shape index (κ2) is 8.36. The molecule has 3 aromatic rings. The highest BCUT2D eigenvalue weighted by Crippen LogP contribution is 2.38. The summed E-state index contributed by atoms with van der Waals surface area (Å²) in [6, 6.07) is 5.57. The molecule has 1 aliphatic rings. The van der Waals surface area contributed by atoms with E-state index in [-0.39, 0.29) is 30.0 Å². The zero-order chi connectivity index (χ0) is 22.9. The van der Waals surface area contributed by atoms with E-state index in [1.54, 1.807) is 25.4 Å². The molecule has 11 nitrogen and oxygen atoms in total. The number of aromatic hydroxyl groups is 1. The molecule has 0 radical (unpaired) electrons. The molecule has 0 aliphatic carbocycles. The van der Waals surface area contributed by atoms with Crippen molar-refractivity contribution in [3.05, 3.63) is 48.2 Å². The second-order valence-electron chi connectivity index (χ2n) is 7.68. The maximum atomic E-state index is 13.3. The fourth-order valence-corrected chi connectivity index (χ4v) is 3.59. The van der Waals surface area contributed by atoms with Gasteiger partial charge in [0, 0.05) is 36.4 Å². The summed E-state index contributed by atoms with van der Waals surface area (Å²) in [6.45, 7) is 2.15. The summed E-state index contributed by atoms with van der Waals surface area (Å²) in [4.78, 5) is 31.4. The Kier molecular flexibility index (Phi) is 5.59. The van der Waals surface area contributed by atoms with Crippen molar-refractivity contribution >= 4 is 23.4 Å². The average molecular weight is 437 g/mol. The van der Waals surface area contributed by atoms with Crippen LogP contribution in [-0.4, -0.2) is 57.8 Å². The van der Waals surface area contributed by atoms with Crippen molar-refractivity contribution in [1.29, 1.82) is 0 Å². The lowest BCUT2D eigenvalue weighted by molar-refractivity contribution is 0.254. The van der Waals surface area contributed by atoms with Crippen molar-refractivity contribution in [3.8, 4) is 22.9 Å². The van der Waals surface area contributed by atoms with Crippen LogP contribution in [0.25, 0.3) is 11.3 Å². The van der Waals surface area contributed by atoms with Crippen LogP contribution in [-0.2, 0) is 0 Å². The van der Waals surface area contributed by atoms with E-state index in [1.807, 2.05) is 6.92 Å². The van der Waals surface area contributed by atoms with Gasteiger partial charge in [0.2, 0.25) is 5.88 Å². The smallest absolute Gasteiger partial charge is 0.329 e. The first kappa shape index (κ1) is 21.4. The molecule has 0 fully saturated rings. The van der Waals surface area contributed by atoms with Gasteiger partial charge >= 0.3 is 6.03 Å². The lowest BCUT2D eigenvalue weighted by Gasteiger charge is -2.37. The number of hydrogen-bond acceptors (Lipinski definition) is 8. The van der Waals surface area contributed by atoms with Crippen LogP contribution in [0.2, 0.25) is 0 Å². The van der Waals surface area contributed by atoms with Crippen molar-refractivity contribution in [2.75, 3.05) is 30.9 Å². The molecule has 0 aromatic carbocycles. The second-order valence-corrected chi connectivity index (χ2v) is 7.68. The van der Waals surface area contributed by atoms with Gasteiger partial charge in [-0.2, -0.15) is 0 Å². The predicted molar refractivity (Wildman–Crippen MR) is 119 cm³/mol. The molecule has 1 unspecified atom stereocenters. The Bertz CT molecular complexity index is 1150. The summed E-state index contributed by atoms with van der Waals surface area (Å²) >= 11 is 0. The minimum Gasteiger partial charge on any atom is -0.627 e. The van der Waals surface area contributed by atoms with Crippen LogP contribution in [0, 0.1) is 5.21 Å². The Hall–Kier alpha value is -3.83. The molecule has 0 bridgehead atoms. The highest BCUT2D eigenvalue weighted by atomic mass is 16.5. The van der Waals surface area contributed by atoms with Gasteiger partial charge in [0.15, 0.2) is 11.5 Å². The van der Waals surface area contributed by atoms with Crippen LogP contribution >= 0.6 is 0 Å². The first-order chi connectivity index (χ1) is 15.3. The van der Waals surface area contributed by atoms with Crippen LogP contribution in [0.5, 0.6) is 11.6 Å². The van der Waals surface area contributed by atoms with Crippen LogP contribution in [0.4, 0.5) is 22.1 Å². The van der Waals surface area contributed by atoms with Gasteiger partial charge in [0.1, 0.15) is 17.9 Å². The number of pyridine rings is 2. The number of rotatable bonds is 3. The van der Waals surface area contributed by atoms with Gasteiger partial charge in [0.25, 0.3) is 0 Å². The molecule has 32 heavy (non-hydrogen) atoms. The molecule has 11 heteroatoms. The number of nitrogens with zero attached hydrogens (tertiary/aromatic N) is 6. The number of nitrogens with one attached hydrogen (secondary N) is 1. The fourth-order valence-electron chi connectivity index (χ4n) is 3.59. The van der Waals surface area contributed by atoms with Crippen molar-refractivity contribution in [2.45, 2.75) is 19.4 Å². The number of anilines is 2. The fraction of sp³-hybridized carbons (Fsp3) is 0.286.